The summed E-state index contributed by atoms with van der Waals surface area (Å²) in [5, 5.41) is 15.1. The summed E-state index contributed by atoms with van der Waals surface area (Å²) in [4.78, 5) is 20.8. The van der Waals surface area contributed by atoms with Gasteiger partial charge in [-0.1, -0.05) is 12.1 Å². The van der Waals surface area contributed by atoms with Crippen LogP contribution in [0.1, 0.15) is 10.5 Å². The van der Waals surface area contributed by atoms with Gasteiger partial charge in [0.15, 0.2) is 5.13 Å². The largest absolute Gasteiger partial charge is 0.573 e. The van der Waals surface area contributed by atoms with Crippen LogP contribution in [0.5, 0.6) is 11.5 Å². The number of anilines is 3. The molecule has 1 saturated heterocycles. The van der Waals surface area contributed by atoms with Crippen LogP contribution in [0.2, 0.25) is 0 Å². The topological polar surface area (TPSA) is 77.9 Å². The number of alkyl halides is 3. The number of phenolic OH excluding ortho intramolecular Hbond substituents is 1. The minimum atomic E-state index is -4.74. The number of rotatable bonds is 5. The molecule has 2 heterocycles. The lowest BCUT2D eigenvalue weighted by Gasteiger charge is -2.36. The lowest BCUT2D eigenvalue weighted by Crippen LogP contribution is -2.48. The van der Waals surface area contributed by atoms with E-state index in [2.05, 4.69) is 15.0 Å². The van der Waals surface area contributed by atoms with Crippen molar-refractivity contribution in [2.75, 3.05) is 36.4 Å². The Labute approximate surface area is 185 Å². The van der Waals surface area contributed by atoms with E-state index in [1.54, 1.807) is 22.4 Å². The number of amides is 1. The molecule has 0 unspecified atom stereocenters. The zero-order chi connectivity index (χ0) is 22.7. The van der Waals surface area contributed by atoms with E-state index in [0.717, 1.165) is 5.69 Å². The predicted octanol–water partition coefficient (Wildman–Crippen LogP) is 4.45. The molecule has 0 bridgehead atoms. The summed E-state index contributed by atoms with van der Waals surface area (Å²) in [7, 11) is 0. The molecule has 1 aliphatic heterocycles. The molecule has 11 heteroatoms. The molecule has 1 aliphatic rings. The molecule has 2 N–H and O–H groups in total. The standard InChI is InChI=1S/C21H19F3N4O3S/c22-21(23,24)31-15-7-5-14(6-8-15)25-20-26-16(13-32-20)19(30)28-11-9-27(10-12-28)17-3-1-2-4-18(17)29/h1-8,13,29H,9-12H2,(H,25,26). The molecule has 32 heavy (non-hydrogen) atoms. The average Bonchev–Trinajstić information content (AvgIpc) is 3.23. The number of hydrogen-bond acceptors (Lipinski definition) is 7. The van der Waals surface area contributed by atoms with Crippen molar-refractivity contribution in [3.8, 4) is 11.5 Å². The van der Waals surface area contributed by atoms with Crippen molar-refractivity contribution >= 4 is 33.8 Å². The number of phenols is 1. The predicted molar refractivity (Wildman–Crippen MR) is 115 cm³/mol. The summed E-state index contributed by atoms with van der Waals surface area (Å²) in [6.07, 6.45) is -4.74. The second-order valence-electron chi connectivity index (χ2n) is 7.00. The number of hydrogen-bond donors (Lipinski definition) is 2. The van der Waals surface area contributed by atoms with Crippen LogP contribution in [0.25, 0.3) is 0 Å². The minimum absolute atomic E-state index is 0.194. The number of nitrogens with one attached hydrogen (secondary N) is 1. The van der Waals surface area contributed by atoms with Gasteiger partial charge < -0.3 is 25.0 Å². The third-order valence-corrected chi connectivity index (χ3v) is 5.61. The van der Waals surface area contributed by atoms with Crippen LogP contribution in [0.3, 0.4) is 0 Å². The lowest BCUT2D eigenvalue weighted by molar-refractivity contribution is -0.274. The Bertz CT molecular complexity index is 1080. The van der Waals surface area contributed by atoms with Crippen LogP contribution >= 0.6 is 11.3 Å². The van der Waals surface area contributed by atoms with E-state index < -0.39 is 6.36 Å². The molecule has 0 radical (unpaired) electrons. The molecule has 1 fully saturated rings. The molecule has 0 spiro atoms. The quantitative estimate of drug-likeness (QED) is 0.581. The summed E-state index contributed by atoms with van der Waals surface area (Å²) >= 11 is 1.23. The van der Waals surface area contributed by atoms with Gasteiger partial charge in [0, 0.05) is 37.2 Å². The van der Waals surface area contributed by atoms with Crippen molar-refractivity contribution in [2.24, 2.45) is 0 Å². The van der Waals surface area contributed by atoms with Crippen LogP contribution in [0.4, 0.5) is 29.7 Å². The maximum atomic E-state index is 12.8. The normalized spacial score (nSPS) is 14.3. The fraction of sp³-hybridized carbons (Fsp3) is 0.238. The van der Waals surface area contributed by atoms with Crippen LogP contribution < -0.4 is 15.0 Å². The number of aromatic nitrogens is 1. The maximum absolute atomic E-state index is 12.8. The molecule has 0 aliphatic carbocycles. The number of para-hydroxylation sites is 2. The van der Waals surface area contributed by atoms with Gasteiger partial charge in [0.1, 0.15) is 17.2 Å². The number of piperazine rings is 1. The van der Waals surface area contributed by atoms with Crippen molar-refractivity contribution in [1.29, 1.82) is 0 Å². The molecule has 1 amide bonds. The zero-order valence-electron chi connectivity index (χ0n) is 16.7. The summed E-state index contributed by atoms with van der Waals surface area (Å²) in [5.41, 5.74) is 1.56. The second-order valence-corrected chi connectivity index (χ2v) is 7.86. The van der Waals surface area contributed by atoms with Crippen molar-refractivity contribution in [2.45, 2.75) is 6.36 Å². The first kappa shape index (κ1) is 21.8. The number of carbonyl (C=O) groups is 1. The van der Waals surface area contributed by atoms with Crippen LogP contribution in [-0.2, 0) is 0 Å². The second kappa shape index (κ2) is 8.95. The van der Waals surface area contributed by atoms with Gasteiger partial charge in [-0.2, -0.15) is 0 Å². The Morgan fingerprint density at radius 1 is 1.06 bits per heavy atom. The van der Waals surface area contributed by atoms with Gasteiger partial charge in [0.05, 0.1) is 5.69 Å². The molecule has 4 rings (SSSR count). The minimum Gasteiger partial charge on any atom is -0.506 e. The molecular weight excluding hydrogens is 445 g/mol. The first-order valence-corrected chi connectivity index (χ1v) is 10.6. The van der Waals surface area contributed by atoms with Gasteiger partial charge in [-0.25, -0.2) is 4.98 Å². The zero-order valence-corrected chi connectivity index (χ0v) is 17.5. The van der Waals surface area contributed by atoms with Gasteiger partial charge in [0.25, 0.3) is 5.91 Å². The average molecular weight is 464 g/mol. The molecule has 7 nitrogen and oxygen atoms in total. The number of nitrogens with zero attached hydrogens (tertiary/aromatic N) is 3. The van der Waals surface area contributed by atoms with Crippen LogP contribution in [0, 0.1) is 0 Å². The first-order chi connectivity index (χ1) is 15.3. The highest BCUT2D eigenvalue weighted by Crippen LogP contribution is 2.29. The number of ether oxygens (including phenoxy) is 1. The van der Waals surface area contributed by atoms with Gasteiger partial charge in [0.2, 0.25) is 0 Å². The number of thiazole rings is 1. The van der Waals surface area contributed by atoms with Crippen LogP contribution in [0.15, 0.2) is 53.9 Å². The fourth-order valence-electron chi connectivity index (χ4n) is 3.34. The van der Waals surface area contributed by atoms with Crippen LogP contribution in [-0.4, -0.2) is 53.4 Å². The Morgan fingerprint density at radius 3 is 2.41 bits per heavy atom. The maximum Gasteiger partial charge on any atom is 0.573 e. The Morgan fingerprint density at radius 2 is 1.75 bits per heavy atom. The van der Waals surface area contributed by atoms with E-state index in [0.29, 0.717) is 42.7 Å². The Balaban J connectivity index is 1.34. The van der Waals surface area contributed by atoms with Gasteiger partial charge in [-0.05, 0) is 36.4 Å². The van der Waals surface area contributed by atoms with Gasteiger partial charge in [-0.3, -0.25) is 4.79 Å². The number of halogens is 3. The summed E-state index contributed by atoms with van der Waals surface area (Å²) in [5.74, 6) is -0.304. The number of aromatic hydroxyl groups is 1. The summed E-state index contributed by atoms with van der Waals surface area (Å²) < 4.78 is 40.6. The first-order valence-electron chi connectivity index (χ1n) is 9.69. The van der Waals surface area contributed by atoms with E-state index in [-0.39, 0.29) is 17.4 Å². The van der Waals surface area contributed by atoms with Gasteiger partial charge >= 0.3 is 6.36 Å². The van der Waals surface area contributed by atoms with Crippen molar-refractivity contribution < 1.29 is 27.8 Å². The SMILES string of the molecule is O=C(c1csc(Nc2ccc(OC(F)(F)F)cc2)n1)N1CCN(c2ccccc2O)CC1. The van der Waals surface area contributed by atoms with E-state index in [4.69, 9.17) is 0 Å². The Kier molecular flexibility index (Phi) is 6.08. The van der Waals surface area contributed by atoms with Crippen molar-refractivity contribution in [3.63, 3.8) is 0 Å². The highest BCUT2D eigenvalue weighted by Gasteiger charge is 2.31. The third-order valence-electron chi connectivity index (χ3n) is 4.85. The van der Waals surface area contributed by atoms with Crippen molar-refractivity contribution in [3.05, 3.63) is 59.6 Å². The smallest absolute Gasteiger partial charge is 0.506 e. The number of carbonyl (C=O) groups excluding carboxylic acids is 1. The highest BCUT2D eigenvalue weighted by molar-refractivity contribution is 7.14. The monoisotopic (exact) mass is 464 g/mol. The van der Waals surface area contributed by atoms with E-state index in [1.165, 1.54) is 35.6 Å². The molecule has 168 valence electrons. The molecule has 0 atom stereocenters. The molecule has 0 saturated carbocycles. The van der Waals surface area contributed by atoms with Crippen molar-refractivity contribution in [1.82, 2.24) is 9.88 Å². The molecular formula is C21H19F3N4O3S. The Hall–Kier alpha value is -3.47. The third kappa shape index (κ3) is 5.22. The fourth-order valence-corrected chi connectivity index (χ4v) is 4.04. The van der Waals surface area contributed by atoms with Gasteiger partial charge in [-0.15, -0.1) is 24.5 Å². The van der Waals surface area contributed by atoms with E-state index >= 15 is 0 Å². The number of benzene rings is 2. The lowest BCUT2D eigenvalue weighted by atomic mass is 10.2. The molecule has 3 aromatic rings. The summed E-state index contributed by atoms with van der Waals surface area (Å²) in [6.45, 7) is 2.16. The van der Waals surface area contributed by atoms with E-state index in [9.17, 15) is 23.1 Å². The highest BCUT2D eigenvalue weighted by atomic mass is 32.1. The molecule has 1 aromatic heterocycles. The van der Waals surface area contributed by atoms with E-state index in [1.807, 2.05) is 17.0 Å². The summed E-state index contributed by atoms with van der Waals surface area (Å²) in [6, 6.07) is 12.3. The molecule has 2 aromatic carbocycles.